The summed E-state index contributed by atoms with van der Waals surface area (Å²) in [5.41, 5.74) is 9.84. The van der Waals surface area contributed by atoms with Crippen LogP contribution in [-0.2, 0) is 0 Å². The van der Waals surface area contributed by atoms with Gasteiger partial charge in [0.05, 0.1) is 5.70 Å². The zero-order chi connectivity index (χ0) is 13.6. The molecule has 1 spiro atoms. The SMILES string of the molecule is C/C=C\C=C/C1=CC2(CC2)C(N)=C1NCC.CC.[HH]. The average Bonchev–Trinajstić information content (AvgIpc) is 3.13. The molecule has 1 fully saturated rings. The van der Waals surface area contributed by atoms with Crippen LogP contribution in [0.4, 0.5) is 0 Å². The maximum absolute atomic E-state index is 6.21. The highest BCUT2D eigenvalue weighted by Gasteiger charge is 2.48. The van der Waals surface area contributed by atoms with Gasteiger partial charge in [0.15, 0.2) is 0 Å². The molecule has 2 rings (SSSR count). The Kier molecular flexibility index (Phi) is 5.26. The molecule has 0 aromatic carbocycles. The summed E-state index contributed by atoms with van der Waals surface area (Å²) in [6, 6.07) is 0. The number of allylic oxidation sites excluding steroid dienone is 5. The number of nitrogens with two attached hydrogens (primary N) is 1. The molecule has 3 N–H and O–H groups in total. The Hall–Kier alpha value is -1.44. The number of rotatable bonds is 4. The van der Waals surface area contributed by atoms with Gasteiger partial charge in [-0.3, -0.25) is 0 Å². The average molecular weight is 248 g/mol. The molecule has 2 aliphatic carbocycles. The van der Waals surface area contributed by atoms with Crippen molar-refractivity contribution in [2.75, 3.05) is 6.54 Å². The third kappa shape index (κ3) is 2.87. The first-order chi connectivity index (χ1) is 8.73. The lowest BCUT2D eigenvalue weighted by Crippen LogP contribution is -2.19. The molecule has 0 aromatic rings. The Morgan fingerprint density at radius 3 is 2.56 bits per heavy atom. The zero-order valence-corrected chi connectivity index (χ0v) is 12.1. The van der Waals surface area contributed by atoms with Crippen molar-refractivity contribution in [3.05, 3.63) is 47.3 Å². The van der Waals surface area contributed by atoms with Crippen LogP contribution < -0.4 is 11.1 Å². The van der Waals surface area contributed by atoms with E-state index >= 15 is 0 Å². The molecule has 2 heteroatoms. The highest BCUT2D eigenvalue weighted by Crippen LogP contribution is 2.56. The van der Waals surface area contributed by atoms with Crippen molar-refractivity contribution in [2.24, 2.45) is 11.1 Å². The van der Waals surface area contributed by atoms with E-state index in [2.05, 4.69) is 30.5 Å². The summed E-state index contributed by atoms with van der Waals surface area (Å²) in [6.45, 7) is 9.04. The zero-order valence-electron chi connectivity index (χ0n) is 12.1. The molecule has 102 valence electrons. The largest absolute Gasteiger partial charge is 0.400 e. The molecule has 0 aromatic heterocycles. The van der Waals surface area contributed by atoms with E-state index in [1.165, 1.54) is 18.4 Å². The Morgan fingerprint density at radius 1 is 1.39 bits per heavy atom. The van der Waals surface area contributed by atoms with Gasteiger partial charge in [-0.2, -0.15) is 0 Å². The van der Waals surface area contributed by atoms with Gasteiger partial charge in [0, 0.05) is 19.1 Å². The molecule has 0 radical (unpaired) electrons. The lowest BCUT2D eigenvalue weighted by atomic mass is 10.1. The number of likely N-dealkylation sites (N-methyl/N-ethyl adjacent to an activating group) is 1. The van der Waals surface area contributed by atoms with Crippen LogP contribution in [0.2, 0.25) is 0 Å². The first kappa shape index (κ1) is 14.6. The molecule has 18 heavy (non-hydrogen) atoms. The van der Waals surface area contributed by atoms with E-state index in [0.717, 1.165) is 17.9 Å². The fourth-order valence-electron chi connectivity index (χ4n) is 2.18. The first-order valence-electron chi connectivity index (χ1n) is 7.00. The standard InChI is InChI=1S/C14H20N2.C2H6.H2/c1-3-5-6-7-11-10-14(8-9-14)13(15)12(11)16-4-2;1-2;/h3,5-7,10,16H,4,8-9,15H2,1-2H3;1-2H3;1H/b5-3-,7-6-;;. The van der Waals surface area contributed by atoms with Crippen molar-refractivity contribution < 1.29 is 1.43 Å². The maximum atomic E-state index is 6.21. The summed E-state index contributed by atoms with van der Waals surface area (Å²) >= 11 is 0. The molecule has 0 amide bonds. The van der Waals surface area contributed by atoms with Crippen LogP contribution in [0.1, 0.15) is 42.0 Å². The van der Waals surface area contributed by atoms with Gasteiger partial charge < -0.3 is 11.1 Å². The molecule has 0 aliphatic heterocycles. The minimum Gasteiger partial charge on any atom is -0.400 e. The van der Waals surface area contributed by atoms with Crippen molar-refractivity contribution in [3.8, 4) is 0 Å². The molecular weight excluding hydrogens is 220 g/mol. The Labute approximate surface area is 113 Å². The summed E-state index contributed by atoms with van der Waals surface area (Å²) in [7, 11) is 0. The molecule has 0 heterocycles. The fraction of sp³-hybridized carbons (Fsp3) is 0.500. The molecule has 2 nitrogen and oxygen atoms in total. The minimum atomic E-state index is 0. The molecular formula is C16H28N2. The van der Waals surface area contributed by atoms with Crippen molar-refractivity contribution in [3.63, 3.8) is 0 Å². The summed E-state index contributed by atoms with van der Waals surface area (Å²) in [6.07, 6.45) is 13.0. The van der Waals surface area contributed by atoms with Gasteiger partial charge in [0.25, 0.3) is 0 Å². The third-order valence-corrected chi connectivity index (χ3v) is 3.25. The molecule has 0 bridgehead atoms. The number of hydrogen-bond donors (Lipinski definition) is 2. The van der Waals surface area contributed by atoms with Gasteiger partial charge in [-0.1, -0.05) is 44.2 Å². The molecule has 0 unspecified atom stereocenters. The van der Waals surface area contributed by atoms with Crippen molar-refractivity contribution in [1.82, 2.24) is 5.32 Å². The Balaban J connectivity index is 0.00000103. The quantitative estimate of drug-likeness (QED) is 0.741. The van der Waals surface area contributed by atoms with E-state index in [1.54, 1.807) is 0 Å². The van der Waals surface area contributed by atoms with Crippen molar-refractivity contribution in [2.45, 2.75) is 40.5 Å². The second-order valence-electron chi connectivity index (χ2n) is 4.46. The number of hydrogen-bond acceptors (Lipinski definition) is 2. The minimum absolute atomic E-state index is 0. The maximum Gasteiger partial charge on any atom is 0.0610 e. The highest BCUT2D eigenvalue weighted by molar-refractivity contribution is 5.54. The van der Waals surface area contributed by atoms with E-state index in [9.17, 15) is 0 Å². The van der Waals surface area contributed by atoms with Crippen molar-refractivity contribution >= 4 is 0 Å². The van der Waals surface area contributed by atoms with E-state index in [-0.39, 0.29) is 6.84 Å². The summed E-state index contributed by atoms with van der Waals surface area (Å²) in [4.78, 5) is 0. The van der Waals surface area contributed by atoms with Gasteiger partial charge in [-0.25, -0.2) is 0 Å². The Bertz CT molecular complexity index is 399. The molecule has 2 aliphatic rings. The Morgan fingerprint density at radius 2 is 2.06 bits per heavy atom. The molecule has 0 saturated heterocycles. The third-order valence-electron chi connectivity index (χ3n) is 3.25. The van der Waals surface area contributed by atoms with Gasteiger partial charge in [0.1, 0.15) is 0 Å². The lowest BCUT2D eigenvalue weighted by Gasteiger charge is -2.10. The molecule has 0 atom stereocenters. The second-order valence-corrected chi connectivity index (χ2v) is 4.46. The van der Waals surface area contributed by atoms with E-state index < -0.39 is 0 Å². The van der Waals surface area contributed by atoms with Gasteiger partial charge >= 0.3 is 0 Å². The normalized spacial score (nSPS) is 20.3. The predicted molar refractivity (Wildman–Crippen MR) is 82.1 cm³/mol. The first-order valence-corrected chi connectivity index (χ1v) is 7.00. The smallest absolute Gasteiger partial charge is 0.0610 e. The van der Waals surface area contributed by atoms with E-state index in [0.29, 0.717) is 0 Å². The van der Waals surface area contributed by atoms with Gasteiger partial charge in [0.2, 0.25) is 0 Å². The van der Waals surface area contributed by atoms with Crippen LogP contribution in [0, 0.1) is 5.41 Å². The van der Waals surface area contributed by atoms with Crippen LogP contribution in [0.15, 0.2) is 47.3 Å². The monoisotopic (exact) mass is 248 g/mol. The van der Waals surface area contributed by atoms with Crippen LogP contribution in [0.5, 0.6) is 0 Å². The van der Waals surface area contributed by atoms with Crippen LogP contribution in [0.25, 0.3) is 0 Å². The second kappa shape index (κ2) is 6.48. The fourth-order valence-corrected chi connectivity index (χ4v) is 2.18. The molecule has 1 saturated carbocycles. The van der Waals surface area contributed by atoms with Gasteiger partial charge in [-0.15, -0.1) is 0 Å². The van der Waals surface area contributed by atoms with Crippen molar-refractivity contribution in [1.29, 1.82) is 0 Å². The summed E-state index contributed by atoms with van der Waals surface area (Å²) < 4.78 is 0. The summed E-state index contributed by atoms with van der Waals surface area (Å²) in [5.74, 6) is 0. The van der Waals surface area contributed by atoms with Gasteiger partial charge in [-0.05, 0) is 32.3 Å². The van der Waals surface area contributed by atoms with E-state index in [1.807, 2.05) is 32.9 Å². The van der Waals surface area contributed by atoms with Crippen LogP contribution >= 0.6 is 0 Å². The predicted octanol–water partition coefficient (Wildman–Crippen LogP) is 3.89. The lowest BCUT2D eigenvalue weighted by molar-refractivity contribution is 0.759. The van der Waals surface area contributed by atoms with E-state index in [4.69, 9.17) is 5.73 Å². The van der Waals surface area contributed by atoms with Crippen LogP contribution in [-0.4, -0.2) is 6.54 Å². The number of nitrogens with one attached hydrogen (secondary N) is 1. The summed E-state index contributed by atoms with van der Waals surface area (Å²) in [5, 5.41) is 3.38. The highest BCUT2D eigenvalue weighted by atomic mass is 14.9. The topological polar surface area (TPSA) is 38.0 Å². The van der Waals surface area contributed by atoms with Crippen LogP contribution in [0.3, 0.4) is 0 Å².